The summed E-state index contributed by atoms with van der Waals surface area (Å²) in [5, 5.41) is 2.05. The summed E-state index contributed by atoms with van der Waals surface area (Å²) >= 11 is 1.54. The van der Waals surface area contributed by atoms with Crippen LogP contribution in [0.1, 0.15) is 10.4 Å². The van der Waals surface area contributed by atoms with Gasteiger partial charge in [-0.3, -0.25) is 9.63 Å². The zero-order valence-corrected chi connectivity index (χ0v) is 9.17. The molecular weight excluding hydrogens is 200 g/mol. The van der Waals surface area contributed by atoms with E-state index in [2.05, 4.69) is 4.98 Å². The second-order valence-corrected chi connectivity index (χ2v) is 3.40. The third kappa shape index (κ3) is 2.46. The number of carbonyl (C=O) groups excluding carboxylic acids is 1. The largest absolute Gasteiger partial charge is 0.278 e. The first-order chi connectivity index (χ1) is 6.69. The molecule has 1 aromatic rings. The molecule has 0 spiro atoms. The molecule has 5 heteroatoms. The molecule has 1 aromatic heterocycles. The third-order valence-electron chi connectivity index (χ3n) is 1.75. The molecule has 76 valence electrons. The molecule has 0 aliphatic heterocycles. The van der Waals surface area contributed by atoms with Crippen molar-refractivity contribution in [2.45, 2.75) is 5.03 Å². The van der Waals surface area contributed by atoms with Crippen LogP contribution in [0.15, 0.2) is 23.4 Å². The highest BCUT2D eigenvalue weighted by Crippen LogP contribution is 2.11. The van der Waals surface area contributed by atoms with Crippen molar-refractivity contribution in [3.05, 3.63) is 23.9 Å². The van der Waals surface area contributed by atoms with Gasteiger partial charge in [0.2, 0.25) is 0 Å². The predicted octanol–water partition coefficient (Wildman–Crippen LogP) is 1.44. The molecule has 0 fully saturated rings. The molecule has 0 N–H and O–H groups in total. The summed E-state index contributed by atoms with van der Waals surface area (Å²) in [6.07, 6.45) is 3.48. The maximum Gasteiger partial charge on any atom is 0.278 e. The lowest BCUT2D eigenvalue weighted by molar-refractivity contribution is -0.0757. The van der Waals surface area contributed by atoms with E-state index in [4.69, 9.17) is 4.84 Å². The van der Waals surface area contributed by atoms with E-state index in [1.165, 1.54) is 18.9 Å². The summed E-state index contributed by atoms with van der Waals surface area (Å²) in [6, 6.07) is 3.54. The first-order valence-electron chi connectivity index (χ1n) is 4.01. The Morgan fingerprint density at radius 2 is 2.29 bits per heavy atom. The molecule has 4 nitrogen and oxygen atoms in total. The van der Waals surface area contributed by atoms with Gasteiger partial charge in [0.25, 0.3) is 5.91 Å². The second kappa shape index (κ2) is 4.97. The summed E-state index contributed by atoms with van der Waals surface area (Å²) in [5.74, 6) is -0.201. The minimum absolute atomic E-state index is 0.201. The molecule has 0 saturated carbocycles. The highest BCUT2D eigenvalue weighted by atomic mass is 32.2. The lowest BCUT2D eigenvalue weighted by Crippen LogP contribution is -2.25. The van der Waals surface area contributed by atoms with Gasteiger partial charge in [0.1, 0.15) is 0 Å². The Balaban J connectivity index is 2.81. The Labute approximate surface area is 87.2 Å². The number of aromatic nitrogens is 1. The molecule has 0 aliphatic rings. The van der Waals surface area contributed by atoms with Crippen LogP contribution < -0.4 is 0 Å². The lowest BCUT2D eigenvalue weighted by atomic mass is 10.3. The molecule has 1 amide bonds. The Hall–Kier alpha value is -1.07. The number of pyridine rings is 1. The molecule has 0 bridgehead atoms. The number of amides is 1. The molecule has 14 heavy (non-hydrogen) atoms. The van der Waals surface area contributed by atoms with Crippen LogP contribution in [0.25, 0.3) is 0 Å². The smallest absolute Gasteiger partial charge is 0.274 e. The second-order valence-electron chi connectivity index (χ2n) is 2.57. The minimum Gasteiger partial charge on any atom is -0.274 e. The van der Waals surface area contributed by atoms with Gasteiger partial charge in [0, 0.05) is 13.2 Å². The van der Waals surface area contributed by atoms with Gasteiger partial charge in [-0.05, 0) is 18.4 Å². The van der Waals surface area contributed by atoms with Crippen LogP contribution in [-0.4, -0.2) is 36.4 Å². The zero-order chi connectivity index (χ0) is 10.6. The molecule has 0 atom stereocenters. The summed E-state index contributed by atoms with van der Waals surface area (Å²) in [7, 11) is 3.01. The first-order valence-corrected chi connectivity index (χ1v) is 5.23. The lowest BCUT2D eigenvalue weighted by Gasteiger charge is -2.12. The van der Waals surface area contributed by atoms with Gasteiger partial charge in [0.15, 0.2) is 0 Å². The number of carbonyl (C=O) groups is 1. The number of thioether (sulfide) groups is 1. The van der Waals surface area contributed by atoms with Crippen molar-refractivity contribution in [2.75, 3.05) is 20.4 Å². The van der Waals surface area contributed by atoms with Gasteiger partial charge < -0.3 is 0 Å². The average Bonchev–Trinajstić information content (AvgIpc) is 2.27. The van der Waals surface area contributed by atoms with Gasteiger partial charge in [-0.1, -0.05) is 0 Å². The van der Waals surface area contributed by atoms with E-state index in [1.807, 2.05) is 6.26 Å². The fourth-order valence-electron chi connectivity index (χ4n) is 0.892. The molecule has 0 unspecified atom stereocenters. The maximum absolute atomic E-state index is 11.5. The van der Waals surface area contributed by atoms with E-state index in [9.17, 15) is 4.79 Å². The molecule has 0 radical (unpaired) electrons. The summed E-state index contributed by atoms with van der Waals surface area (Å²) in [5.41, 5.74) is 0.521. The fraction of sp³-hybridized carbons (Fsp3) is 0.333. The zero-order valence-electron chi connectivity index (χ0n) is 8.35. The van der Waals surface area contributed by atoms with Crippen molar-refractivity contribution in [3.8, 4) is 0 Å². The van der Waals surface area contributed by atoms with E-state index < -0.39 is 0 Å². The van der Waals surface area contributed by atoms with Crippen LogP contribution in [0.3, 0.4) is 0 Å². The monoisotopic (exact) mass is 212 g/mol. The third-order valence-corrected chi connectivity index (χ3v) is 2.41. The standard InChI is InChI=1S/C9H12N2O2S/c1-11(13-2)9(12)7-4-5-8(14-3)10-6-7/h4-6H,1-3H3. The summed E-state index contributed by atoms with van der Waals surface area (Å²) < 4.78 is 0. The topological polar surface area (TPSA) is 42.4 Å². The summed E-state index contributed by atoms with van der Waals surface area (Å²) in [6.45, 7) is 0. The number of hydroxylamine groups is 2. The maximum atomic E-state index is 11.5. The van der Waals surface area contributed by atoms with Crippen molar-refractivity contribution in [1.82, 2.24) is 10.0 Å². The van der Waals surface area contributed by atoms with Gasteiger partial charge in [-0.15, -0.1) is 11.8 Å². The van der Waals surface area contributed by atoms with E-state index in [1.54, 1.807) is 25.4 Å². The normalized spacial score (nSPS) is 9.93. The van der Waals surface area contributed by atoms with Crippen LogP contribution >= 0.6 is 11.8 Å². The van der Waals surface area contributed by atoms with E-state index in [-0.39, 0.29) is 5.91 Å². The van der Waals surface area contributed by atoms with Gasteiger partial charge in [0.05, 0.1) is 17.7 Å². The fourth-order valence-corrected chi connectivity index (χ4v) is 1.25. The van der Waals surface area contributed by atoms with Crippen LogP contribution in [0, 0.1) is 0 Å². The first kappa shape index (κ1) is 11.0. The van der Waals surface area contributed by atoms with E-state index >= 15 is 0 Å². The average molecular weight is 212 g/mol. The predicted molar refractivity (Wildman–Crippen MR) is 55.1 cm³/mol. The molecule has 1 heterocycles. The quantitative estimate of drug-likeness (QED) is 0.561. The Bertz CT molecular complexity index is 313. The van der Waals surface area contributed by atoms with Crippen molar-refractivity contribution < 1.29 is 9.63 Å². The Morgan fingerprint density at radius 3 is 2.71 bits per heavy atom. The molecule has 0 aromatic carbocycles. The Morgan fingerprint density at radius 1 is 1.57 bits per heavy atom. The van der Waals surface area contributed by atoms with Gasteiger partial charge >= 0.3 is 0 Å². The molecule has 1 rings (SSSR count). The van der Waals surface area contributed by atoms with Crippen molar-refractivity contribution in [3.63, 3.8) is 0 Å². The highest BCUT2D eigenvalue weighted by Gasteiger charge is 2.10. The van der Waals surface area contributed by atoms with Gasteiger partial charge in [-0.25, -0.2) is 10.0 Å². The highest BCUT2D eigenvalue weighted by molar-refractivity contribution is 7.98. The molecule has 0 aliphatic carbocycles. The molecule has 0 saturated heterocycles. The van der Waals surface area contributed by atoms with Crippen LogP contribution in [0.2, 0.25) is 0 Å². The van der Waals surface area contributed by atoms with Crippen molar-refractivity contribution in [2.24, 2.45) is 0 Å². The number of hydrogen-bond acceptors (Lipinski definition) is 4. The Kier molecular flexibility index (Phi) is 3.91. The minimum atomic E-state index is -0.201. The number of hydrogen-bond donors (Lipinski definition) is 0. The van der Waals surface area contributed by atoms with Crippen LogP contribution in [0.4, 0.5) is 0 Å². The van der Waals surface area contributed by atoms with Crippen molar-refractivity contribution >= 4 is 17.7 Å². The van der Waals surface area contributed by atoms with Crippen molar-refractivity contribution in [1.29, 1.82) is 0 Å². The number of nitrogens with zero attached hydrogens (tertiary/aromatic N) is 2. The van der Waals surface area contributed by atoms with Crippen LogP contribution in [-0.2, 0) is 4.84 Å². The number of rotatable bonds is 3. The molecular formula is C9H12N2O2S. The van der Waals surface area contributed by atoms with Gasteiger partial charge in [-0.2, -0.15) is 0 Å². The SMILES string of the molecule is CON(C)C(=O)c1ccc(SC)nc1. The van der Waals surface area contributed by atoms with Crippen LogP contribution in [0.5, 0.6) is 0 Å². The van der Waals surface area contributed by atoms with E-state index in [0.29, 0.717) is 5.56 Å². The summed E-state index contributed by atoms with van der Waals surface area (Å²) in [4.78, 5) is 20.4. The van der Waals surface area contributed by atoms with E-state index in [0.717, 1.165) is 10.1 Å².